The Morgan fingerprint density at radius 1 is 1.27 bits per heavy atom. The van der Waals surface area contributed by atoms with Crippen molar-refractivity contribution in [1.29, 1.82) is 0 Å². The Bertz CT molecular complexity index is 220. The lowest BCUT2D eigenvalue weighted by Gasteiger charge is -2.32. The highest BCUT2D eigenvalue weighted by Gasteiger charge is 2.34. The Morgan fingerprint density at radius 2 is 1.93 bits per heavy atom. The van der Waals surface area contributed by atoms with E-state index in [1.165, 1.54) is 0 Å². The van der Waals surface area contributed by atoms with E-state index in [0.717, 1.165) is 45.3 Å². The van der Waals surface area contributed by atoms with E-state index in [1.54, 1.807) is 0 Å². The number of hydrogen-bond donors (Lipinski definition) is 2. The summed E-state index contributed by atoms with van der Waals surface area (Å²) < 4.78 is 0. The SMILES string of the molecule is NCCNC1CCN(C(=O)C2CC2)CC1. The minimum Gasteiger partial charge on any atom is -0.342 e. The summed E-state index contributed by atoms with van der Waals surface area (Å²) in [4.78, 5) is 13.8. The van der Waals surface area contributed by atoms with Gasteiger partial charge in [0.25, 0.3) is 0 Å². The molecule has 0 aromatic rings. The van der Waals surface area contributed by atoms with E-state index >= 15 is 0 Å². The van der Waals surface area contributed by atoms with Gasteiger partial charge < -0.3 is 16.0 Å². The number of carbonyl (C=O) groups excluding carboxylic acids is 1. The fraction of sp³-hybridized carbons (Fsp3) is 0.909. The Hall–Kier alpha value is -0.610. The van der Waals surface area contributed by atoms with Crippen molar-refractivity contribution < 1.29 is 4.79 Å². The molecule has 2 fully saturated rings. The molecule has 2 aliphatic rings. The van der Waals surface area contributed by atoms with E-state index in [-0.39, 0.29) is 0 Å². The number of amides is 1. The lowest BCUT2D eigenvalue weighted by Crippen LogP contribution is -2.46. The van der Waals surface area contributed by atoms with Crippen molar-refractivity contribution in [2.45, 2.75) is 31.7 Å². The van der Waals surface area contributed by atoms with Crippen LogP contribution in [-0.4, -0.2) is 43.0 Å². The van der Waals surface area contributed by atoms with Gasteiger partial charge in [0.05, 0.1) is 0 Å². The smallest absolute Gasteiger partial charge is 0.225 e. The average Bonchev–Trinajstić information content (AvgIpc) is 3.10. The highest BCUT2D eigenvalue weighted by molar-refractivity contribution is 5.81. The van der Waals surface area contributed by atoms with Gasteiger partial charge in [-0.15, -0.1) is 0 Å². The summed E-state index contributed by atoms with van der Waals surface area (Å²) in [6, 6.07) is 0.566. The molecular formula is C11H21N3O. The zero-order chi connectivity index (χ0) is 10.7. The number of rotatable bonds is 4. The van der Waals surface area contributed by atoms with E-state index in [2.05, 4.69) is 5.32 Å². The van der Waals surface area contributed by atoms with Gasteiger partial charge in [0.2, 0.25) is 5.91 Å². The number of nitrogens with one attached hydrogen (secondary N) is 1. The first kappa shape index (κ1) is 10.9. The largest absolute Gasteiger partial charge is 0.342 e. The molecule has 3 N–H and O–H groups in total. The van der Waals surface area contributed by atoms with Crippen molar-refractivity contribution in [3.63, 3.8) is 0 Å². The molecule has 0 atom stereocenters. The van der Waals surface area contributed by atoms with Crippen LogP contribution in [0.5, 0.6) is 0 Å². The van der Waals surface area contributed by atoms with Crippen LogP contribution in [0.3, 0.4) is 0 Å². The maximum Gasteiger partial charge on any atom is 0.225 e. The normalized spacial score (nSPS) is 23.1. The van der Waals surface area contributed by atoms with E-state index in [9.17, 15) is 4.79 Å². The van der Waals surface area contributed by atoms with Crippen LogP contribution in [0.1, 0.15) is 25.7 Å². The molecule has 0 aromatic carbocycles. The molecule has 0 aromatic heterocycles. The lowest BCUT2D eigenvalue weighted by molar-refractivity contribution is -0.133. The Kier molecular flexibility index (Phi) is 3.59. The standard InChI is InChI=1S/C11H21N3O/c12-5-6-13-10-3-7-14(8-4-10)11(15)9-1-2-9/h9-10,13H,1-8,12H2. The molecular weight excluding hydrogens is 190 g/mol. The number of carbonyl (C=O) groups is 1. The molecule has 15 heavy (non-hydrogen) atoms. The number of nitrogens with two attached hydrogens (primary N) is 1. The number of piperidine rings is 1. The van der Waals surface area contributed by atoms with Crippen molar-refractivity contribution in [3.05, 3.63) is 0 Å². The van der Waals surface area contributed by atoms with E-state index in [0.29, 0.717) is 24.4 Å². The van der Waals surface area contributed by atoms with Crippen molar-refractivity contribution in [1.82, 2.24) is 10.2 Å². The van der Waals surface area contributed by atoms with Crippen LogP contribution in [0.15, 0.2) is 0 Å². The molecule has 1 aliphatic carbocycles. The molecule has 86 valence electrons. The minimum atomic E-state index is 0.374. The van der Waals surface area contributed by atoms with Crippen molar-refractivity contribution in [2.75, 3.05) is 26.2 Å². The molecule has 1 saturated heterocycles. The van der Waals surface area contributed by atoms with Gasteiger partial charge in [0.1, 0.15) is 0 Å². The summed E-state index contributed by atoms with van der Waals surface area (Å²) in [6.07, 6.45) is 4.39. The number of nitrogens with zero attached hydrogens (tertiary/aromatic N) is 1. The summed E-state index contributed by atoms with van der Waals surface area (Å²) in [5, 5.41) is 3.41. The molecule has 2 rings (SSSR count). The van der Waals surface area contributed by atoms with Crippen molar-refractivity contribution in [2.24, 2.45) is 11.7 Å². The predicted molar refractivity (Wildman–Crippen MR) is 59.4 cm³/mol. The topological polar surface area (TPSA) is 58.4 Å². The summed E-state index contributed by atoms with van der Waals surface area (Å²) in [5.41, 5.74) is 5.44. The van der Waals surface area contributed by atoms with Gasteiger partial charge in [-0.2, -0.15) is 0 Å². The maximum absolute atomic E-state index is 11.8. The molecule has 0 bridgehead atoms. The molecule has 0 unspecified atom stereocenters. The molecule has 1 amide bonds. The second-order valence-electron chi connectivity index (χ2n) is 4.62. The van der Waals surface area contributed by atoms with Gasteiger partial charge in [-0.05, 0) is 25.7 Å². The summed E-state index contributed by atoms with van der Waals surface area (Å²) in [7, 11) is 0. The zero-order valence-electron chi connectivity index (χ0n) is 9.24. The molecule has 4 nitrogen and oxygen atoms in total. The summed E-state index contributed by atoms with van der Waals surface area (Å²) in [5.74, 6) is 0.769. The van der Waals surface area contributed by atoms with Crippen molar-refractivity contribution >= 4 is 5.91 Å². The van der Waals surface area contributed by atoms with E-state index in [4.69, 9.17) is 5.73 Å². The van der Waals surface area contributed by atoms with E-state index in [1.807, 2.05) is 4.90 Å². The Labute approximate surface area is 91.2 Å². The first-order chi connectivity index (χ1) is 7.31. The highest BCUT2D eigenvalue weighted by Crippen LogP contribution is 2.31. The molecule has 0 radical (unpaired) electrons. The quantitative estimate of drug-likeness (QED) is 0.684. The van der Waals surface area contributed by atoms with E-state index < -0.39 is 0 Å². The van der Waals surface area contributed by atoms with Gasteiger partial charge in [-0.25, -0.2) is 0 Å². The Morgan fingerprint density at radius 3 is 2.47 bits per heavy atom. The zero-order valence-corrected chi connectivity index (χ0v) is 9.24. The lowest BCUT2D eigenvalue weighted by atomic mass is 10.0. The second-order valence-corrected chi connectivity index (χ2v) is 4.62. The van der Waals surface area contributed by atoms with Gasteiger partial charge >= 0.3 is 0 Å². The minimum absolute atomic E-state index is 0.374. The molecule has 1 heterocycles. The Balaban J connectivity index is 1.69. The molecule has 1 aliphatic heterocycles. The third-order valence-corrected chi connectivity index (χ3v) is 3.31. The van der Waals surface area contributed by atoms with Gasteiger partial charge in [0.15, 0.2) is 0 Å². The monoisotopic (exact) mass is 211 g/mol. The molecule has 4 heteroatoms. The predicted octanol–water partition coefficient (Wildman–Crippen LogP) is -0.0643. The van der Waals surface area contributed by atoms with Crippen LogP contribution in [0.4, 0.5) is 0 Å². The number of hydrogen-bond acceptors (Lipinski definition) is 3. The fourth-order valence-corrected chi connectivity index (χ4v) is 2.18. The van der Waals surface area contributed by atoms with Crippen LogP contribution in [0.2, 0.25) is 0 Å². The van der Waals surface area contributed by atoms with Crippen LogP contribution in [0.25, 0.3) is 0 Å². The van der Waals surface area contributed by atoms with Crippen molar-refractivity contribution in [3.8, 4) is 0 Å². The van der Waals surface area contributed by atoms with Gasteiger partial charge in [-0.3, -0.25) is 4.79 Å². The summed E-state index contributed by atoms with van der Waals surface area (Å²) >= 11 is 0. The first-order valence-electron chi connectivity index (χ1n) is 6.03. The van der Waals surface area contributed by atoms with Crippen LogP contribution in [0, 0.1) is 5.92 Å². The average molecular weight is 211 g/mol. The molecule has 1 saturated carbocycles. The van der Waals surface area contributed by atoms with Gasteiger partial charge in [-0.1, -0.05) is 0 Å². The molecule has 0 spiro atoms. The summed E-state index contributed by atoms with van der Waals surface area (Å²) in [6.45, 7) is 3.44. The third kappa shape index (κ3) is 2.92. The fourth-order valence-electron chi connectivity index (χ4n) is 2.18. The van der Waals surface area contributed by atoms with Gasteiger partial charge in [0, 0.05) is 38.1 Å². The second kappa shape index (κ2) is 4.94. The number of likely N-dealkylation sites (tertiary alicyclic amines) is 1. The third-order valence-electron chi connectivity index (χ3n) is 3.31. The van der Waals surface area contributed by atoms with Crippen LogP contribution in [-0.2, 0) is 4.79 Å². The maximum atomic E-state index is 11.8. The van der Waals surface area contributed by atoms with Crippen LogP contribution >= 0.6 is 0 Å². The first-order valence-corrected chi connectivity index (χ1v) is 6.03. The highest BCUT2D eigenvalue weighted by atomic mass is 16.2. The van der Waals surface area contributed by atoms with Crippen LogP contribution < -0.4 is 11.1 Å².